The van der Waals surface area contributed by atoms with Crippen LogP contribution >= 0.6 is 27.7 Å². The predicted octanol–water partition coefficient (Wildman–Crippen LogP) is 3.23. The number of hydrogen-bond donors (Lipinski definition) is 1. The summed E-state index contributed by atoms with van der Waals surface area (Å²) in [6, 6.07) is 9.44. The van der Waals surface area contributed by atoms with Crippen LogP contribution in [0.5, 0.6) is 0 Å². The maximum Gasteiger partial charge on any atom is 0.256 e. The first-order chi connectivity index (χ1) is 11.0. The molecule has 0 saturated heterocycles. The molecule has 0 atom stereocenters. The Morgan fingerprint density at radius 3 is 2.91 bits per heavy atom. The van der Waals surface area contributed by atoms with Gasteiger partial charge in [-0.15, -0.1) is 10.2 Å². The van der Waals surface area contributed by atoms with Crippen molar-refractivity contribution < 1.29 is 4.79 Å². The number of hydrogen-bond acceptors (Lipinski definition) is 5. The summed E-state index contributed by atoms with van der Waals surface area (Å²) in [4.78, 5) is 16.4. The second-order valence-electron chi connectivity index (χ2n) is 5.00. The summed E-state index contributed by atoms with van der Waals surface area (Å²) in [5.74, 6) is 0.709. The van der Waals surface area contributed by atoms with Crippen LogP contribution in [0.25, 0.3) is 5.78 Å². The molecule has 1 aromatic carbocycles. The topological polar surface area (TPSA) is 72.2 Å². The molecule has 0 spiro atoms. The van der Waals surface area contributed by atoms with Crippen molar-refractivity contribution in [3.63, 3.8) is 0 Å². The Hall–Kier alpha value is -1.93. The number of carbonyl (C=O) groups excluding carboxylic acids is 1. The third kappa shape index (κ3) is 3.70. The van der Waals surface area contributed by atoms with Crippen LogP contribution in [0.1, 0.15) is 11.4 Å². The van der Waals surface area contributed by atoms with E-state index in [0.717, 1.165) is 21.5 Å². The number of thioether (sulfide) groups is 1. The van der Waals surface area contributed by atoms with Crippen molar-refractivity contribution in [1.29, 1.82) is 0 Å². The van der Waals surface area contributed by atoms with Crippen LogP contribution in [0.2, 0.25) is 0 Å². The van der Waals surface area contributed by atoms with E-state index in [1.54, 1.807) is 0 Å². The molecule has 0 unspecified atom stereocenters. The highest BCUT2D eigenvalue weighted by Crippen LogP contribution is 2.20. The number of aromatic nitrogens is 4. The van der Waals surface area contributed by atoms with E-state index in [1.807, 2.05) is 48.6 Å². The van der Waals surface area contributed by atoms with Crippen molar-refractivity contribution in [3.05, 3.63) is 46.2 Å². The maximum atomic E-state index is 12.1. The fourth-order valence-electron chi connectivity index (χ4n) is 2.19. The highest BCUT2D eigenvalue weighted by Gasteiger charge is 2.12. The molecule has 0 aliphatic heterocycles. The molecule has 0 saturated carbocycles. The van der Waals surface area contributed by atoms with Crippen LogP contribution in [0.4, 0.5) is 5.69 Å². The highest BCUT2D eigenvalue weighted by atomic mass is 79.9. The Morgan fingerprint density at radius 1 is 1.30 bits per heavy atom. The number of nitrogens with one attached hydrogen (secondary N) is 1. The molecule has 1 N–H and O–H groups in total. The lowest BCUT2D eigenvalue weighted by Crippen LogP contribution is -2.14. The van der Waals surface area contributed by atoms with Crippen LogP contribution in [0, 0.1) is 13.8 Å². The largest absolute Gasteiger partial charge is 0.325 e. The van der Waals surface area contributed by atoms with Gasteiger partial charge >= 0.3 is 0 Å². The zero-order chi connectivity index (χ0) is 16.4. The molecule has 0 bridgehead atoms. The minimum atomic E-state index is -0.0948. The van der Waals surface area contributed by atoms with Crippen LogP contribution in [0.3, 0.4) is 0 Å². The Balaban J connectivity index is 1.70. The van der Waals surface area contributed by atoms with E-state index in [2.05, 4.69) is 36.4 Å². The molecule has 2 heterocycles. The van der Waals surface area contributed by atoms with Gasteiger partial charge in [-0.25, -0.2) is 4.98 Å². The summed E-state index contributed by atoms with van der Waals surface area (Å²) >= 11 is 4.71. The summed E-state index contributed by atoms with van der Waals surface area (Å²) in [6.45, 7) is 3.89. The Kier molecular flexibility index (Phi) is 4.63. The number of halogens is 1. The number of rotatable bonds is 4. The van der Waals surface area contributed by atoms with Gasteiger partial charge in [0.25, 0.3) is 5.78 Å². The van der Waals surface area contributed by atoms with Crippen molar-refractivity contribution in [2.24, 2.45) is 0 Å². The van der Waals surface area contributed by atoms with Crippen molar-refractivity contribution in [3.8, 4) is 0 Å². The normalized spacial score (nSPS) is 10.9. The molecule has 0 fully saturated rings. The van der Waals surface area contributed by atoms with Gasteiger partial charge in [0.15, 0.2) is 5.16 Å². The molecule has 0 aliphatic carbocycles. The fraction of sp³-hybridized carbons (Fsp3) is 0.200. The summed E-state index contributed by atoms with van der Waals surface area (Å²) < 4.78 is 2.77. The first-order valence-electron chi connectivity index (χ1n) is 6.90. The summed E-state index contributed by atoms with van der Waals surface area (Å²) in [5.41, 5.74) is 2.64. The lowest BCUT2D eigenvalue weighted by atomic mass is 10.3. The zero-order valence-electron chi connectivity index (χ0n) is 12.6. The lowest BCUT2D eigenvalue weighted by molar-refractivity contribution is -0.113. The van der Waals surface area contributed by atoms with Crippen LogP contribution in [0.15, 0.2) is 40.0 Å². The molecule has 0 aliphatic rings. The van der Waals surface area contributed by atoms with Crippen LogP contribution < -0.4 is 5.32 Å². The number of amides is 1. The molecule has 23 heavy (non-hydrogen) atoms. The smallest absolute Gasteiger partial charge is 0.256 e. The predicted molar refractivity (Wildman–Crippen MR) is 93.8 cm³/mol. The standard InChI is InChI=1S/C15H14BrN5OS/c1-9-6-10(2)21-14(17-9)19-20-15(21)23-8-13(22)18-12-5-3-4-11(16)7-12/h3-7H,8H2,1-2H3,(H,18,22). The third-order valence-corrected chi connectivity index (χ3v) is 4.53. The Labute approximate surface area is 145 Å². The summed E-state index contributed by atoms with van der Waals surface area (Å²) in [7, 11) is 0. The van der Waals surface area contributed by atoms with Gasteiger partial charge in [-0.05, 0) is 38.1 Å². The molecule has 3 rings (SSSR count). The van der Waals surface area contributed by atoms with Gasteiger partial charge in [0.1, 0.15) is 0 Å². The molecular weight excluding hydrogens is 378 g/mol. The molecule has 8 heteroatoms. The Bertz CT molecular complexity index is 879. The van der Waals surface area contributed by atoms with E-state index in [-0.39, 0.29) is 11.7 Å². The van der Waals surface area contributed by atoms with E-state index in [4.69, 9.17) is 0 Å². The zero-order valence-corrected chi connectivity index (χ0v) is 15.0. The van der Waals surface area contributed by atoms with E-state index in [9.17, 15) is 4.79 Å². The molecule has 118 valence electrons. The lowest BCUT2D eigenvalue weighted by Gasteiger charge is -2.06. The molecule has 0 radical (unpaired) electrons. The van der Waals surface area contributed by atoms with E-state index >= 15 is 0 Å². The SMILES string of the molecule is Cc1cc(C)n2c(SCC(=O)Nc3cccc(Br)c3)nnc2n1. The van der Waals surface area contributed by atoms with Gasteiger partial charge < -0.3 is 5.32 Å². The van der Waals surface area contributed by atoms with E-state index in [1.165, 1.54) is 11.8 Å². The van der Waals surface area contributed by atoms with Gasteiger partial charge in [0.05, 0.1) is 5.75 Å². The molecule has 6 nitrogen and oxygen atoms in total. The summed E-state index contributed by atoms with van der Waals surface area (Å²) in [5, 5.41) is 11.7. The summed E-state index contributed by atoms with van der Waals surface area (Å²) in [6.07, 6.45) is 0. The van der Waals surface area contributed by atoms with Crippen LogP contribution in [-0.2, 0) is 4.79 Å². The monoisotopic (exact) mass is 391 g/mol. The number of carbonyl (C=O) groups is 1. The van der Waals surface area contributed by atoms with Crippen molar-refractivity contribution >= 4 is 45.1 Å². The molecule has 1 amide bonds. The van der Waals surface area contributed by atoms with Gasteiger partial charge in [0.2, 0.25) is 5.91 Å². The molecule has 2 aromatic heterocycles. The van der Waals surface area contributed by atoms with E-state index < -0.39 is 0 Å². The number of fused-ring (bicyclic) bond motifs is 1. The first kappa shape index (κ1) is 15.9. The minimum absolute atomic E-state index is 0.0948. The van der Waals surface area contributed by atoms with Gasteiger partial charge in [-0.3, -0.25) is 9.20 Å². The first-order valence-corrected chi connectivity index (χ1v) is 8.68. The average Bonchev–Trinajstić information content (AvgIpc) is 2.88. The van der Waals surface area contributed by atoms with Crippen LogP contribution in [-0.4, -0.2) is 31.2 Å². The van der Waals surface area contributed by atoms with Crippen molar-refractivity contribution in [2.75, 3.05) is 11.1 Å². The number of aryl methyl sites for hydroxylation is 2. The maximum absolute atomic E-state index is 12.1. The van der Waals surface area contributed by atoms with Gasteiger partial charge in [0, 0.05) is 21.5 Å². The van der Waals surface area contributed by atoms with E-state index in [0.29, 0.717) is 10.9 Å². The third-order valence-electron chi connectivity index (χ3n) is 3.10. The Morgan fingerprint density at radius 2 is 2.13 bits per heavy atom. The average molecular weight is 392 g/mol. The number of benzene rings is 1. The van der Waals surface area contributed by atoms with Crippen molar-refractivity contribution in [1.82, 2.24) is 19.6 Å². The number of anilines is 1. The van der Waals surface area contributed by atoms with Gasteiger partial charge in [-0.2, -0.15) is 0 Å². The van der Waals surface area contributed by atoms with Crippen molar-refractivity contribution in [2.45, 2.75) is 19.0 Å². The second-order valence-corrected chi connectivity index (χ2v) is 6.86. The van der Waals surface area contributed by atoms with Gasteiger partial charge in [-0.1, -0.05) is 33.8 Å². The molecular formula is C15H14BrN5OS. The number of nitrogens with zero attached hydrogens (tertiary/aromatic N) is 4. The quantitative estimate of drug-likeness (QED) is 0.691. The molecule has 3 aromatic rings. The minimum Gasteiger partial charge on any atom is -0.325 e. The fourth-order valence-corrected chi connectivity index (χ4v) is 3.37. The highest BCUT2D eigenvalue weighted by molar-refractivity contribution is 9.10. The second kappa shape index (κ2) is 6.67.